The Morgan fingerprint density at radius 2 is 1.92 bits per heavy atom. The number of ether oxygens (including phenoxy) is 1. The molecular formula is C20H16N4O. The number of nitrogens with one attached hydrogen (secondary N) is 1. The molecule has 0 bridgehead atoms. The van der Waals surface area contributed by atoms with Gasteiger partial charge in [-0.1, -0.05) is 18.2 Å². The number of anilines is 2. The van der Waals surface area contributed by atoms with Gasteiger partial charge in [0.15, 0.2) is 0 Å². The lowest BCUT2D eigenvalue weighted by atomic mass is 10.1. The Morgan fingerprint density at radius 3 is 2.68 bits per heavy atom. The predicted octanol–water partition coefficient (Wildman–Crippen LogP) is 4.76. The zero-order valence-corrected chi connectivity index (χ0v) is 13.5. The average molecular weight is 328 g/mol. The molecule has 1 aliphatic rings. The summed E-state index contributed by atoms with van der Waals surface area (Å²) in [7, 11) is 0. The lowest BCUT2D eigenvalue weighted by Crippen LogP contribution is -1.98. The van der Waals surface area contributed by atoms with E-state index in [1.807, 2.05) is 12.1 Å². The summed E-state index contributed by atoms with van der Waals surface area (Å²) in [5.41, 5.74) is 2.87. The number of hydrogen-bond acceptors (Lipinski definition) is 5. The molecule has 5 heteroatoms. The van der Waals surface area contributed by atoms with Gasteiger partial charge in [-0.2, -0.15) is 10.2 Å². The highest BCUT2D eigenvalue weighted by molar-refractivity contribution is 5.54. The first-order chi connectivity index (χ1) is 12.3. The first kappa shape index (κ1) is 15.2. The van der Waals surface area contributed by atoms with E-state index in [1.54, 1.807) is 36.5 Å². The van der Waals surface area contributed by atoms with Gasteiger partial charge in [0.25, 0.3) is 0 Å². The van der Waals surface area contributed by atoms with Crippen LogP contribution in [0.4, 0.5) is 11.6 Å². The van der Waals surface area contributed by atoms with Gasteiger partial charge in [-0.3, -0.25) is 0 Å². The van der Waals surface area contributed by atoms with Crippen LogP contribution in [0.1, 0.15) is 29.9 Å². The van der Waals surface area contributed by atoms with Gasteiger partial charge in [0.1, 0.15) is 5.75 Å². The maximum Gasteiger partial charge on any atom is 0.230 e. The van der Waals surface area contributed by atoms with Gasteiger partial charge in [0.05, 0.1) is 11.6 Å². The first-order valence-corrected chi connectivity index (χ1v) is 8.18. The van der Waals surface area contributed by atoms with Gasteiger partial charge in [0, 0.05) is 18.0 Å². The van der Waals surface area contributed by atoms with Crippen LogP contribution in [0.3, 0.4) is 0 Å². The van der Waals surface area contributed by atoms with Crippen molar-refractivity contribution < 1.29 is 4.74 Å². The molecule has 4 rings (SSSR count). The Kier molecular flexibility index (Phi) is 4.01. The van der Waals surface area contributed by atoms with E-state index in [0.29, 0.717) is 23.1 Å². The maximum atomic E-state index is 8.95. The summed E-state index contributed by atoms with van der Waals surface area (Å²) in [4.78, 5) is 8.59. The van der Waals surface area contributed by atoms with E-state index in [4.69, 9.17) is 10.00 Å². The molecule has 0 atom stereocenters. The fourth-order valence-corrected chi connectivity index (χ4v) is 2.59. The number of benzene rings is 2. The zero-order valence-electron chi connectivity index (χ0n) is 13.5. The third-order valence-electron chi connectivity index (χ3n) is 4.03. The van der Waals surface area contributed by atoms with Crippen LogP contribution in [0, 0.1) is 11.3 Å². The number of nitriles is 1. The van der Waals surface area contributed by atoms with Crippen molar-refractivity contribution in [1.82, 2.24) is 9.97 Å². The van der Waals surface area contributed by atoms with Crippen molar-refractivity contribution in [3.05, 3.63) is 71.9 Å². The van der Waals surface area contributed by atoms with Crippen LogP contribution in [-0.2, 0) is 0 Å². The molecule has 0 saturated heterocycles. The molecule has 1 aromatic heterocycles. The Morgan fingerprint density at radius 1 is 1.08 bits per heavy atom. The summed E-state index contributed by atoms with van der Waals surface area (Å²) in [6.07, 6.45) is 4.22. The molecule has 0 spiro atoms. The Labute approximate surface area is 145 Å². The van der Waals surface area contributed by atoms with Crippen LogP contribution in [0.5, 0.6) is 11.6 Å². The smallest absolute Gasteiger partial charge is 0.230 e. The van der Waals surface area contributed by atoms with E-state index in [-0.39, 0.29) is 0 Å². The van der Waals surface area contributed by atoms with Crippen molar-refractivity contribution in [2.24, 2.45) is 0 Å². The SMILES string of the molecule is N#Cc1cccc(Oc2ccnc(Nc3ccc(C4CC4)cc3)n2)c1. The van der Waals surface area contributed by atoms with Gasteiger partial charge in [-0.05, 0) is 54.7 Å². The van der Waals surface area contributed by atoms with E-state index in [0.717, 1.165) is 11.6 Å². The Bertz CT molecular complexity index is 927. The lowest BCUT2D eigenvalue weighted by molar-refractivity contribution is 0.462. The van der Waals surface area contributed by atoms with Gasteiger partial charge < -0.3 is 10.1 Å². The molecule has 2 aromatic carbocycles. The standard InChI is InChI=1S/C20H16N4O/c21-13-14-2-1-3-18(12-14)25-19-10-11-22-20(24-19)23-17-8-6-16(7-9-17)15-4-5-15/h1-3,6-12,15H,4-5H2,(H,22,23,24). The summed E-state index contributed by atoms with van der Waals surface area (Å²) in [5.74, 6) is 2.19. The van der Waals surface area contributed by atoms with E-state index >= 15 is 0 Å². The molecule has 1 aliphatic carbocycles. The third kappa shape index (κ3) is 3.75. The van der Waals surface area contributed by atoms with Crippen molar-refractivity contribution in [1.29, 1.82) is 5.26 Å². The molecule has 122 valence electrons. The highest BCUT2D eigenvalue weighted by Crippen LogP contribution is 2.40. The van der Waals surface area contributed by atoms with Crippen LogP contribution in [-0.4, -0.2) is 9.97 Å². The summed E-state index contributed by atoms with van der Waals surface area (Å²) in [6, 6.07) is 19.1. The van der Waals surface area contributed by atoms with Gasteiger partial charge in [-0.15, -0.1) is 0 Å². The molecule has 0 unspecified atom stereocenters. The number of rotatable bonds is 5. The lowest BCUT2D eigenvalue weighted by Gasteiger charge is -2.08. The summed E-state index contributed by atoms with van der Waals surface area (Å²) in [6.45, 7) is 0. The predicted molar refractivity (Wildman–Crippen MR) is 95.0 cm³/mol. The normalized spacial score (nSPS) is 13.1. The van der Waals surface area contributed by atoms with Gasteiger partial charge in [0.2, 0.25) is 11.8 Å². The minimum Gasteiger partial charge on any atom is -0.439 e. The van der Waals surface area contributed by atoms with Crippen molar-refractivity contribution >= 4 is 11.6 Å². The first-order valence-electron chi connectivity index (χ1n) is 8.18. The minimum absolute atomic E-state index is 0.419. The molecule has 1 heterocycles. The minimum atomic E-state index is 0.419. The molecule has 0 amide bonds. The maximum absolute atomic E-state index is 8.95. The zero-order chi connectivity index (χ0) is 17.1. The number of aromatic nitrogens is 2. The molecule has 0 radical (unpaired) electrons. The van der Waals surface area contributed by atoms with Crippen molar-refractivity contribution in [3.63, 3.8) is 0 Å². The molecule has 5 nitrogen and oxygen atoms in total. The van der Waals surface area contributed by atoms with E-state index in [9.17, 15) is 0 Å². The topological polar surface area (TPSA) is 70.8 Å². The molecule has 25 heavy (non-hydrogen) atoms. The molecular weight excluding hydrogens is 312 g/mol. The fourth-order valence-electron chi connectivity index (χ4n) is 2.59. The third-order valence-corrected chi connectivity index (χ3v) is 4.03. The quantitative estimate of drug-likeness (QED) is 0.731. The highest BCUT2D eigenvalue weighted by atomic mass is 16.5. The van der Waals surface area contributed by atoms with Crippen LogP contribution in [0.2, 0.25) is 0 Å². The molecule has 1 saturated carbocycles. The second-order valence-electron chi connectivity index (χ2n) is 5.98. The largest absolute Gasteiger partial charge is 0.439 e. The Balaban J connectivity index is 1.47. The second kappa shape index (κ2) is 6.62. The molecule has 0 aliphatic heterocycles. The monoisotopic (exact) mass is 328 g/mol. The Hall–Kier alpha value is -3.39. The number of nitrogens with zero attached hydrogens (tertiary/aromatic N) is 3. The van der Waals surface area contributed by atoms with Crippen LogP contribution < -0.4 is 10.1 Å². The summed E-state index contributed by atoms with van der Waals surface area (Å²) in [5, 5.41) is 12.1. The van der Waals surface area contributed by atoms with Crippen molar-refractivity contribution in [2.75, 3.05) is 5.32 Å². The highest BCUT2D eigenvalue weighted by Gasteiger charge is 2.22. The average Bonchev–Trinajstić information content (AvgIpc) is 3.48. The molecule has 1 N–H and O–H groups in total. The van der Waals surface area contributed by atoms with Crippen LogP contribution >= 0.6 is 0 Å². The second-order valence-corrected chi connectivity index (χ2v) is 5.98. The molecule has 1 fully saturated rings. The summed E-state index contributed by atoms with van der Waals surface area (Å²) < 4.78 is 5.72. The van der Waals surface area contributed by atoms with E-state index in [1.165, 1.54) is 18.4 Å². The number of hydrogen-bond donors (Lipinski definition) is 1. The fraction of sp³-hybridized carbons (Fsp3) is 0.150. The van der Waals surface area contributed by atoms with Crippen LogP contribution in [0.25, 0.3) is 0 Å². The van der Waals surface area contributed by atoms with Crippen molar-refractivity contribution in [3.8, 4) is 17.7 Å². The van der Waals surface area contributed by atoms with Crippen LogP contribution in [0.15, 0.2) is 60.8 Å². The van der Waals surface area contributed by atoms with Gasteiger partial charge >= 0.3 is 0 Å². The summed E-state index contributed by atoms with van der Waals surface area (Å²) >= 11 is 0. The van der Waals surface area contributed by atoms with Gasteiger partial charge in [-0.25, -0.2) is 4.98 Å². The van der Waals surface area contributed by atoms with E-state index < -0.39 is 0 Å². The van der Waals surface area contributed by atoms with E-state index in [2.05, 4.69) is 33.5 Å². The van der Waals surface area contributed by atoms with Crippen molar-refractivity contribution in [2.45, 2.75) is 18.8 Å². The molecule has 3 aromatic rings.